The molecule has 3 atom stereocenters. The second kappa shape index (κ2) is 15.1. The van der Waals surface area contributed by atoms with Crippen molar-refractivity contribution in [1.29, 1.82) is 0 Å². The number of β-lactam (4-membered cyclic amide) rings is 1. The lowest BCUT2D eigenvalue weighted by Gasteiger charge is -2.49. The number of thiazole rings is 1. The van der Waals surface area contributed by atoms with Gasteiger partial charge in [-0.15, -0.1) is 11.3 Å². The molecule has 1 aliphatic rings. The first-order valence-electron chi connectivity index (χ1n) is 13.8. The average Bonchev–Trinajstić information content (AvgIpc) is 3.48. The Balaban J connectivity index is 1.36. The molecular formula is C32H29N3O7S3. The SMILES string of the molecule is C=C(COC(C)=O)C(C(=O)OCc1ccccc1)N1C(=O)C(NC(=O)COc2ccccc2)C1SSc1nc2ccccc2s1. The highest BCUT2D eigenvalue weighted by Gasteiger charge is 2.54. The number of esters is 2. The molecule has 5 rings (SSSR count). The maximum atomic E-state index is 13.7. The summed E-state index contributed by atoms with van der Waals surface area (Å²) >= 11 is 1.49. The second-order valence-corrected chi connectivity index (χ2v) is 13.4. The molecule has 0 spiro atoms. The van der Waals surface area contributed by atoms with Gasteiger partial charge in [-0.05, 0) is 46.2 Å². The number of rotatable bonds is 14. The van der Waals surface area contributed by atoms with E-state index in [9.17, 15) is 19.2 Å². The quantitative estimate of drug-likeness (QED) is 0.0853. The number of carbonyl (C=O) groups excluding carboxylic acids is 4. The largest absolute Gasteiger partial charge is 0.484 e. The van der Waals surface area contributed by atoms with Crippen LogP contribution >= 0.6 is 32.9 Å². The molecule has 0 aliphatic carbocycles. The minimum Gasteiger partial charge on any atom is -0.484 e. The molecule has 0 bridgehead atoms. The third-order valence-corrected chi connectivity index (χ3v) is 10.6. The Bertz CT molecular complexity index is 1650. The van der Waals surface area contributed by atoms with Gasteiger partial charge >= 0.3 is 11.9 Å². The van der Waals surface area contributed by atoms with E-state index in [0.29, 0.717) is 5.75 Å². The zero-order chi connectivity index (χ0) is 31.8. The van der Waals surface area contributed by atoms with Crippen molar-refractivity contribution < 1.29 is 33.4 Å². The number of para-hydroxylation sites is 2. The van der Waals surface area contributed by atoms with Gasteiger partial charge in [0.25, 0.3) is 5.91 Å². The highest BCUT2D eigenvalue weighted by atomic mass is 33.1. The van der Waals surface area contributed by atoms with Crippen LogP contribution in [0, 0.1) is 0 Å². The molecule has 10 nitrogen and oxygen atoms in total. The number of amides is 2. The number of ether oxygens (including phenoxy) is 3. The monoisotopic (exact) mass is 663 g/mol. The van der Waals surface area contributed by atoms with Crippen molar-refractivity contribution in [3.8, 4) is 5.75 Å². The molecule has 3 aromatic carbocycles. The van der Waals surface area contributed by atoms with E-state index in [0.717, 1.165) is 20.1 Å². The Morgan fingerprint density at radius 1 is 0.978 bits per heavy atom. The second-order valence-electron chi connectivity index (χ2n) is 9.84. The molecule has 1 saturated heterocycles. The van der Waals surface area contributed by atoms with Crippen molar-refractivity contribution in [2.24, 2.45) is 0 Å². The van der Waals surface area contributed by atoms with Crippen molar-refractivity contribution in [1.82, 2.24) is 15.2 Å². The van der Waals surface area contributed by atoms with E-state index in [4.69, 9.17) is 14.2 Å². The van der Waals surface area contributed by atoms with Crippen LogP contribution in [0.25, 0.3) is 10.2 Å². The molecule has 0 saturated carbocycles. The predicted octanol–water partition coefficient (Wildman–Crippen LogP) is 5.00. The molecule has 0 radical (unpaired) electrons. The third-order valence-electron chi connectivity index (χ3n) is 6.57. The molecule has 2 amide bonds. The van der Waals surface area contributed by atoms with Crippen molar-refractivity contribution in [3.05, 3.63) is 103 Å². The fraction of sp³-hybridized carbons (Fsp3) is 0.219. The van der Waals surface area contributed by atoms with Crippen LogP contribution in [0.4, 0.5) is 0 Å². The lowest BCUT2D eigenvalue weighted by molar-refractivity contribution is -0.164. The van der Waals surface area contributed by atoms with E-state index >= 15 is 0 Å². The number of aromatic nitrogens is 1. The topological polar surface area (TPSA) is 124 Å². The summed E-state index contributed by atoms with van der Waals surface area (Å²) in [5, 5.41) is 2.02. The number of likely N-dealkylation sites (tertiary alicyclic amines) is 1. The zero-order valence-corrected chi connectivity index (χ0v) is 26.6. The summed E-state index contributed by atoms with van der Waals surface area (Å²) in [6, 6.07) is 23.4. The van der Waals surface area contributed by atoms with Crippen LogP contribution < -0.4 is 10.1 Å². The maximum Gasteiger partial charge on any atom is 0.333 e. The van der Waals surface area contributed by atoms with Gasteiger partial charge in [-0.3, -0.25) is 14.4 Å². The van der Waals surface area contributed by atoms with E-state index in [2.05, 4.69) is 16.9 Å². The molecule has 1 fully saturated rings. The van der Waals surface area contributed by atoms with Crippen LogP contribution in [0.15, 0.2) is 101 Å². The molecule has 3 unspecified atom stereocenters. The van der Waals surface area contributed by atoms with Crippen molar-refractivity contribution >= 4 is 66.9 Å². The predicted molar refractivity (Wildman–Crippen MR) is 173 cm³/mol. The van der Waals surface area contributed by atoms with Crippen LogP contribution in [-0.4, -0.2) is 64.3 Å². The van der Waals surface area contributed by atoms with Crippen molar-refractivity contribution in [2.75, 3.05) is 13.2 Å². The first kappa shape index (κ1) is 32.1. The van der Waals surface area contributed by atoms with Gasteiger partial charge < -0.3 is 24.4 Å². The Kier molecular flexibility index (Phi) is 10.8. The van der Waals surface area contributed by atoms with Crippen molar-refractivity contribution in [3.63, 3.8) is 0 Å². The molecular weight excluding hydrogens is 635 g/mol. The number of benzene rings is 3. The summed E-state index contributed by atoms with van der Waals surface area (Å²) in [4.78, 5) is 57.6. The summed E-state index contributed by atoms with van der Waals surface area (Å²) in [5.74, 6) is -1.82. The number of carbonyl (C=O) groups is 4. The molecule has 4 aromatic rings. The number of hydrogen-bond acceptors (Lipinski definition) is 11. The van der Waals surface area contributed by atoms with Gasteiger partial charge in [0.2, 0.25) is 5.91 Å². The smallest absolute Gasteiger partial charge is 0.333 e. The number of nitrogens with one attached hydrogen (secondary N) is 1. The van der Waals surface area contributed by atoms with Crippen LogP contribution in [0.1, 0.15) is 12.5 Å². The highest BCUT2D eigenvalue weighted by molar-refractivity contribution is 8.77. The van der Waals surface area contributed by atoms with Crippen LogP contribution in [0.3, 0.4) is 0 Å². The van der Waals surface area contributed by atoms with Gasteiger partial charge in [-0.25, -0.2) is 9.78 Å². The van der Waals surface area contributed by atoms with Gasteiger partial charge in [0.05, 0.1) is 10.2 Å². The molecule has 1 aromatic heterocycles. The van der Waals surface area contributed by atoms with Gasteiger partial charge in [0, 0.05) is 6.92 Å². The minimum atomic E-state index is -1.28. The Labute approximate surface area is 271 Å². The summed E-state index contributed by atoms with van der Waals surface area (Å²) in [7, 11) is 2.59. The van der Waals surface area contributed by atoms with E-state index < -0.39 is 41.2 Å². The standard InChI is InChI=1S/C32H29N3O7S3/c1-20(17-40-21(2)36)28(31(39)42-18-22-11-5-3-6-12-22)35-29(38)27(34-26(37)19-41-23-13-7-4-8-14-23)30(35)44-45-32-33-24-15-9-10-16-25(24)43-32/h3-16,27-28,30H,1,17-19H2,2H3,(H,34,37). The van der Waals surface area contributed by atoms with Crippen molar-refractivity contribution in [2.45, 2.75) is 35.3 Å². The average molecular weight is 664 g/mol. The molecule has 1 aliphatic heterocycles. The number of nitrogens with zero attached hydrogens (tertiary/aromatic N) is 2. The Hall–Kier alpha value is -4.33. The summed E-state index contributed by atoms with van der Waals surface area (Å²) in [5.41, 5.74) is 1.75. The molecule has 1 N–H and O–H groups in total. The molecule has 2 heterocycles. The van der Waals surface area contributed by atoms with E-state index in [1.807, 2.05) is 48.5 Å². The normalized spacial score (nSPS) is 16.4. The molecule has 13 heteroatoms. The third kappa shape index (κ3) is 8.24. The van der Waals surface area contributed by atoms with Gasteiger partial charge in [0.15, 0.2) is 17.0 Å². The summed E-state index contributed by atoms with van der Waals surface area (Å²) < 4.78 is 18.0. The first-order chi connectivity index (χ1) is 21.8. The number of hydrogen-bond donors (Lipinski definition) is 1. The van der Waals surface area contributed by atoms with Gasteiger partial charge in [0.1, 0.15) is 30.4 Å². The van der Waals surface area contributed by atoms with Gasteiger partial charge in [-0.1, -0.05) is 78.0 Å². The fourth-order valence-corrected chi connectivity index (χ4v) is 8.37. The van der Waals surface area contributed by atoms with Crippen LogP contribution in [0.2, 0.25) is 0 Å². The first-order valence-corrected chi connectivity index (χ1v) is 16.8. The summed E-state index contributed by atoms with van der Waals surface area (Å²) in [6.07, 6.45) is 0. The minimum absolute atomic E-state index is 0.0334. The zero-order valence-electron chi connectivity index (χ0n) is 24.1. The highest BCUT2D eigenvalue weighted by Crippen LogP contribution is 2.45. The van der Waals surface area contributed by atoms with Crippen LogP contribution in [-0.2, 0) is 35.3 Å². The Morgan fingerprint density at radius 3 is 2.38 bits per heavy atom. The van der Waals surface area contributed by atoms with E-state index in [-0.39, 0.29) is 25.4 Å². The Morgan fingerprint density at radius 2 is 1.67 bits per heavy atom. The van der Waals surface area contributed by atoms with Crippen LogP contribution in [0.5, 0.6) is 5.75 Å². The molecule has 45 heavy (non-hydrogen) atoms. The maximum absolute atomic E-state index is 13.7. The number of fused-ring (bicyclic) bond motifs is 1. The lowest BCUT2D eigenvalue weighted by Crippen LogP contribution is -2.73. The fourth-order valence-electron chi connectivity index (χ4n) is 4.41. The van der Waals surface area contributed by atoms with Gasteiger partial charge in [-0.2, -0.15) is 0 Å². The van der Waals surface area contributed by atoms with E-state index in [1.165, 1.54) is 44.7 Å². The molecule has 232 valence electrons. The van der Waals surface area contributed by atoms with E-state index in [1.54, 1.807) is 36.4 Å². The summed E-state index contributed by atoms with van der Waals surface area (Å²) in [6.45, 7) is 4.56. The lowest BCUT2D eigenvalue weighted by atomic mass is 9.98.